The molecule has 2 rings (SSSR count). The van der Waals surface area contributed by atoms with Crippen LogP contribution < -0.4 is 10.9 Å². The van der Waals surface area contributed by atoms with Crippen molar-refractivity contribution in [3.05, 3.63) is 18.3 Å². The first kappa shape index (κ1) is 17.0. The van der Waals surface area contributed by atoms with Crippen LogP contribution in [0.5, 0.6) is 0 Å². The number of anilines is 1. The highest BCUT2D eigenvalue weighted by atomic mass is 16.7. The van der Waals surface area contributed by atoms with Crippen LogP contribution in [0, 0.1) is 5.92 Å². The average Bonchev–Trinajstić information content (AvgIpc) is 2.67. The number of rotatable bonds is 4. The van der Waals surface area contributed by atoms with Gasteiger partial charge in [0.05, 0.1) is 16.8 Å². The van der Waals surface area contributed by atoms with Crippen molar-refractivity contribution in [1.29, 1.82) is 0 Å². The Bertz CT molecular complexity index is 544. The molecule has 1 saturated heterocycles. The van der Waals surface area contributed by atoms with Crippen LogP contribution in [-0.4, -0.2) is 29.2 Å². The van der Waals surface area contributed by atoms with Crippen molar-refractivity contribution in [3.63, 3.8) is 0 Å². The van der Waals surface area contributed by atoms with Gasteiger partial charge in [0.1, 0.15) is 0 Å². The smallest absolute Gasteiger partial charge is 0.398 e. The molecule has 120 valence electrons. The summed E-state index contributed by atoms with van der Waals surface area (Å²) in [6, 6.07) is 3.58. The lowest BCUT2D eigenvalue weighted by atomic mass is 9.84. The maximum atomic E-state index is 12.0. The van der Waals surface area contributed by atoms with Gasteiger partial charge in [0.2, 0.25) is 5.91 Å². The van der Waals surface area contributed by atoms with Gasteiger partial charge in [0, 0.05) is 17.8 Å². The maximum absolute atomic E-state index is 12.0. The summed E-state index contributed by atoms with van der Waals surface area (Å²) in [5.41, 5.74) is 0.565. The molecule has 1 aliphatic rings. The van der Waals surface area contributed by atoms with E-state index in [0.717, 1.165) is 6.42 Å². The van der Waals surface area contributed by atoms with Gasteiger partial charge >= 0.3 is 7.12 Å². The van der Waals surface area contributed by atoms with Crippen LogP contribution in [0.2, 0.25) is 0 Å². The highest BCUT2D eigenvalue weighted by molar-refractivity contribution is 6.61. The number of hydrogen-bond acceptors (Lipinski definition) is 4. The summed E-state index contributed by atoms with van der Waals surface area (Å²) in [5, 5.41) is 2.91. The predicted octanol–water partition coefficient (Wildman–Crippen LogP) is 2.37. The monoisotopic (exact) mass is 304 g/mol. The van der Waals surface area contributed by atoms with E-state index in [1.54, 1.807) is 12.3 Å². The summed E-state index contributed by atoms with van der Waals surface area (Å²) >= 11 is 0. The van der Waals surface area contributed by atoms with Crippen molar-refractivity contribution in [1.82, 2.24) is 4.98 Å². The number of pyridine rings is 1. The average molecular weight is 304 g/mol. The van der Waals surface area contributed by atoms with Crippen LogP contribution >= 0.6 is 0 Å². The molecule has 6 heteroatoms. The Kier molecular flexibility index (Phi) is 4.63. The van der Waals surface area contributed by atoms with E-state index in [0.29, 0.717) is 11.3 Å². The predicted molar refractivity (Wildman–Crippen MR) is 88.0 cm³/mol. The van der Waals surface area contributed by atoms with E-state index >= 15 is 0 Å². The topological polar surface area (TPSA) is 60.5 Å². The Morgan fingerprint density at radius 1 is 1.32 bits per heavy atom. The summed E-state index contributed by atoms with van der Waals surface area (Å²) in [6.07, 6.45) is 2.47. The first-order valence-electron chi connectivity index (χ1n) is 7.78. The summed E-state index contributed by atoms with van der Waals surface area (Å²) in [4.78, 5) is 16.3. The number of nitrogens with zero attached hydrogens (tertiary/aromatic N) is 1. The normalized spacial score (nSPS) is 20.7. The zero-order valence-electron chi connectivity index (χ0n) is 14.3. The van der Waals surface area contributed by atoms with E-state index in [9.17, 15) is 4.79 Å². The second kappa shape index (κ2) is 6.01. The molecule has 1 fully saturated rings. The van der Waals surface area contributed by atoms with Gasteiger partial charge in [0.15, 0.2) is 0 Å². The SMILES string of the molecule is CCC(C)C(=O)Nc1ccnc(B2OC(C)(C)C(C)(C)O2)c1. The third-order valence-electron chi connectivity index (χ3n) is 4.60. The first-order chi connectivity index (χ1) is 10.2. The maximum Gasteiger partial charge on any atom is 0.514 e. The number of nitrogens with one attached hydrogen (secondary N) is 1. The Labute approximate surface area is 132 Å². The van der Waals surface area contributed by atoms with Crippen molar-refractivity contribution in [3.8, 4) is 0 Å². The van der Waals surface area contributed by atoms with Gasteiger partial charge in [0.25, 0.3) is 0 Å². The quantitative estimate of drug-likeness (QED) is 0.868. The van der Waals surface area contributed by atoms with Crippen molar-refractivity contribution in [2.75, 3.05) is 5.32 Å². The second-order valence-electron chi connectivity index (χ2n) is 6.86. The molecule has 1 aromatic rings. The van der Waals surface area contributed by atoms with Crippen molar-refractivity contribution < 1.29 is 14.1 Å². The van der Waals surface area contributed by atoms with E-state index in [1.807, 2.05) is 47.6 Å². The van der Waals surface area contributed by atoms with E-state index in [1.165, 1.54) is 0 Å². The standard InChI is InChI=1S/C16H25BN2O3/c1-7-11(2)14(20)19-12-8-9-18-13(10-12)17-21-15(3,4)16(5,6)22-17/h8-11H,7H2,1-6H3,(H,18,19,20). The molecule has 0 saturated carbocycles. The van der Waals surface area contributed by atoms with Gasteiger partial charge in [-0.05, 0) is 46.2 Å². The Morgan fingerprint density at radius 2 is 1.91 bits per heavy atom. The Balaban J connectivity index is 2.15. The second-order valence-corrected chi connectivity index (χ2v) is 6.86. The number of aromatic nitrogens is 1. The fraction of sp³-hybridized carbons (Fsp3) is 0.625. The Morgan fingerprint density at radius 3 is 2.45 bits per heavy atom. The molecule has 22 heavy (non-hydrogen) atoms. The molecule has 2 heterocycles. The number of carbonyl (C=O) groups is 1. The molecule has 0 aliphatic carbocycles. The fourth-order valence-electron chi connectivity index (χ4n) is 2.07. The van der Waals surface area contributed by atoms with Crippen LogP contribution in [0.25, 0.3) is 0 Å². The summed E-state index contributed by atoms with van der Waals surface area (Å²) in [6.45, 7) is 11.9. The molecule has 0 radical (unpaired) electrons. The van der Waals surface area contributed by atoms with Gasteiger partial charge in [-0.15, -0.1) is 0 Å². The minimum atomic E-state index is -0.523. The van der Waals surface area contributed by atoms with Crippen molar-refractivity contribution >= 4 is 24.3 Å². The molecule has 0 spiro atoms. The third-order valence-corrected chi connectivity index (χ3v) is 4.60. The van der Waals surface area contributed by atoms with Gasteiger partial charge in [-0.3, -0.25) is 9.78 Å². The van der Waals surface area contributed by atoms with Gasteiger partial charge < -0.3 is 14.6 Å². The number of carbonyl (C=O) groups excluding carboxylic acids is 1. The van der Waals surface area contributed by atoms with E-state index < -0.39 is 18.3 Å². The first-order valence-corrected chi connectivity index (χ1v) is 7.78. The fourth-order valence-corrected chi connectivity index (χ4v) is 2.07. The molecular formula is C16H25BN2O3. The molecular weight excluding hydrogens is 279 g/mol. The lowest BCUT2D eigenvalue weighted by Crippen LogP contribution is -2.41. The molecule has 1 N–H and O–H groups in total. The van der Waals surface area contributed by atoms with Gasteiger partial charge in [-0.25, -0.2) is 0 Å². The zero-order chi connectivity index (χ0) is 16.5. The lowest BCUT2D eigenvalue weighted by molar-refractivity contribution is -0.119. The van der Waals surface area contributed by atoms with Crippen molar-refractivity contribution in [2.24, 2.45) is 5.92 Å². The molecule has 1 aromatic heterocycles. The molecule has 1 aliphatic heterocycles. The largest absolute Gasteiger partial charge is 0.514 e. The number of hydrogen-bond donors (Lipinski definition) is 1. The van der Waals surface area contributed by atoms with Crippen LogP contribution in [0.4, 0.5) is 5.69 Å². The minimum Gasteiger partial charge on any atom is -0.398 e. The van der Waals surface area contributed by atoms with Crippen LogP contribution in [0.3, 0.4) is 0 Å². The summed E-state index contributed by atoms with van der Waals surface area (Å²) in [7, 11) is -0.523. The highest BCUT2D eigenvalue weighted by Crippen LogP contribution is 2.36. The Hall–Kier alpha value is -1.40. The zero-order valence-corrected chi connectivity index (χ0v) is 14.3. The van der Waals surface area contributed by atoms with Crippen LogP contribution in [0.15, 0.2) is 18.3 Å². The van der Waals surface area contributed by atoms with E-state index in [2.05, 4.69) is 10.3 Å². The molecule has 1 amide bonds. The molecule has 1 unspecified atom stereocenters. The number of amides is 1. The third kappa shape index (κ3) is 3.33. The summed E-state index contributed by atoms with van der Waals surface area (Å²) < 4.78 is 12.0. The van der Waals surface area contributed by atoms with Gasteiger partial charge in [-0.2, -0.15) is 0 Å². The van der Waals surface area contributed by atoms with Crippen LogP contribution in [-0.2, 0) is 14.1 Å². The van der Waals surface area contributed by atoms with Crippen LogP contribution in [0.1, 0.15) is 48.0 Å². The lowest BCUT2D eigenvalue weighted by Gasteiger charge is -2.32. The van der Waals surface area contributed by atoms with Gasteiger partial charge in [-0.1, -0.05) is 13.8 Å². The molecule has 5 nitrogen and oxygen atoms in total. The molecule has 1 atom stereocenters. The van der Waals surface area contributed by atoms with E-state index in [4.69, 9.17) is 9.31 Å². The van der Waals surface area contributed by atoms with E-state index in [-0.39, 0.29) is 11.8 Å². The highest BCUT2D eigenvalue weighted by Gasteiger charge is 2.52. The molecule has 0 bridgehead atoms. The summed E-state index contributed by atoms with van der Waals surface area (Å²) in [5.74, 6) is -0.0120. The minimum absolute atomic E-state index is 0.00793. The molecule has 0 aromatic carbocycles. The van der Waals surface area contributed by atoms with Crippen molar-refractivity contribution in [2.45, 2.75) is 59.2 Å².